The van der Waals surface area contributed by atoms with Crippen molar-refractivity contribution in [2.75, 3.05) is 0 Å². The molecule has 0 bridgehead atoms. The Balaban J connectivity index is 2.28. The second-order valence-corrected chi connectivity index (χ2v) is 4.08. The molecule has 0 aliphatic carbocycles. The largest absolute Gasteiger partial charge is 0.318 e. The summed E-state index contributed by atoms with van der Waals surface area (Å²) in [5.41, 5.74) is 8.02. The highest BCUT2D eigenvalue weighted by molar-refractivity contribution is 6.30. The molecule has 0 fully saturated rings. The van der Waals surface area contributed by atoms with Gasteiger partial charge in [-0.1, -0.05) is 23.7 Å². The zero-order chi connectivity index (χ0) is 11.5. The Morgan fingerprint density at radius 1 is 1.12 bits per heavy atom. The van der Waals surface area contributed by atoms with Crippen LogP contribution in [0.2, 0.25) is 5.02 Å². The standard InChI is InChI=1S/C12H12ClN3/c1-8-6-15-12(16-7-8)11(14)9-2-4-10(13)5-3-9/h2-7,11H,14H2,1H3. The summed E-state index contributed by atoms with van der Waals surface area (Å²) >= 11 is 5.81. The normalized spacial score (nSPS) is 12.4. The van der Waals surface area contributed by atoms with Gasteiger partial charge in [-0.05, 0) is 30.2 Å². The lowest BCUT2D eigenvalue weighted by molar-refractivity contribution is 0.777. The number of nitrogens with zero attached hydrogens (tertiary/aromatic N) is 2. The van der Waals surface area contributed by atoms with E-state index in [1.165, 1.54) is 0 Å². The van der Waals surface area contributed by atoms with E-state index in [0.717, 1.165) is 11.1 Å². The van der Waals surface area contributed by atoms with Gasteiger partial charge in [-0.2, -0.15) is 0 Å². The molecule has 2 N–H and O–H groups in total. The molecule has 3 nitrogen and oxygen atoms in total. The predicted octanol–water partition coefficient (Wildman–Crippen LogP) is 2.49. The number of halogens is 1. The molecule has 0 radical (unpaired) electrons. The van der Waals surface area contributed by atoms with Gasteiger partial charge < -0.3 is 5.73 Å². The molecule has 0 saturated carbocycles. The Hall–Kier alpha value is -1.45. The van der Waals surface area contributed by atoms with Gasteiger partial charge in [0, 0.05) is 17.4 Å². The van der Waals surface area contributed by atoms with Crippen molar-refractivity contribution >= 4 is 11.6 Å². The van der Waals surface area contributed by atoms with Crippen LogP contribution in [-0.2, 0) is 0 Å². The van der Waals surface area contributed by atoms with E-state index in [1.807, 2.05) is 31.2 Å². The first kappa shape index (κ1) is 11.0. The smallest absolute Gasteiger partial charge is 0.149 e. The molecule has 82 valence electrons. The van der Waals surface area contributed by atoms with Gasteiger partial charge in [0.2, 0.25) is 0 Å². The molecule has 1 aromatic heterocycles. The van der Waals surface area contributed by atoms with Crippen LogP contribution in [-0.4, -0.2) is 9.97 Å². The Labute approximate surface area is 99.3 Å². The lowest BCUT2D eigenvalue weighted by Crippen LogP contribution is -2.15. The fraction of sp³-hybridized carbons (Fsp3) is 0.167. The second kappa shape index (κ2) is 4.60. The van der Waals surface area contributed by atoms with E-state index < -0.39 is 0 Å². The van der Waals surface area contributed by atoms with Gasteiger partial charge in [0.15, 0.2) is 0 Å². The summed E-state index contributed by atoms with van der Waals surface area (Å²) in [4.78, 5) is 8.42. The topological polar surface area (TPSA) is 51.8 Å². The van der Waals surface area contributed by atoms with Crippen molar-refractivity contribution in [1.82, 2.24) is 9.97 Å². The zero-order valence-electron chi connectivity index (χ0n) is 8.89. The minimum absolute atomic E-state index is 0.308. The van der Waals surface area contributed by atoms with Gasteiger partial charge in [-0.15, -0.1) is 0 Å². The predicted molar refractivity (Wildman–Crippen MR) is 64.3 cm³/mol. The highest BCUT2D eigenvalue weighted by Crippen LogP contribution is 2.18. The van der Waals surface area contributed by atoms with Gasteiger partial charge in [0.05, 0.1) is 6.04 Å². The summed E-state index contributed by atoms with van der Waals surface area (Å²) in [7, 11) is 0. The highest BCUT2D eigenvalue weighted by Gasteiger charge is 2.10. The molecule has 0 saturated heterocycles. The van der Waals surface area contributed by atoms with Crippen molar-refractivity contribution in [3.63, 3.8) is 0 Å². The molecular formula is C12H12ClN3. The summed E-state index contributed by atoms with van der Waals surface area (Å²) in [6, 6.07) is 7.08. The van der Waals surface area contributed by atoms with Crippen molar-refractivity contribution in [3.8, 4) is 0 Å². The molecule has 0 spiro atoms. The molecule has 16 heavy (non-hydrogen) atoms. The third-order valence-corrected chi connectivity index (χ3v) is 2.56. The van der Waals surface area contributed by atoms with E-state index in [1.54, 1.807) is 12.4 Å². The maximum Gasteiger partial charge on any atom is 0.149 e. The number of benzene rings is 1. The third-order valence-electron chi connectivity index (χ3n) is 2.31. The highest BCUT2D eigenvalue weighted by atomic mass is 35.5. The van der Waals surface area contributed by atoms with Crippen LogP contribution >= 0.6 is 11.6 Å². The fourth-order valence-electron chi connectivity index (χ4n) is 1.38. The SMILES string of the molecule is Cc1cnc(C(N)c2ccc(Cl)cc2)nc1. The van der Waals surface area contributed by atoms with Crippen LogP contribution in [0.1, 0.15) is 23.0 Å². The van der Waals surface area contributed by atoms with E-state index in [4.69, 9.17) is 17.3 Å². The molecule has 0 aliphatic heterocycles. The maximum atomic E-state index is 6.05. The monoisotopic (exact) mass is 233 g/mol. The summed E-state index contributed by atoms with van der Waals surface area (Å²) in [6.45, 7) is 1.94. The van der Waals surface area contributed by atoms with Gasteiger partial charge in [0.25, 0.3) is 0 Å². The van der Waals surface area contributed by atoms with Gasteiger partial charge in [-0.3, -0.25) is 0 Å². The third kappa shape index (κ3) is 2.38. The average molecular weight is 234 g/mol. The van der Waals surface area contributed by atoms with Crippen molar-refractivity contribution in [2.45, 2.75) is 13.0 Å². The van der Waals surface area contributed by atoms with Crippen LogP contribution in [0.15, 0.2) is 36.7 Å². The number of aryl methyl sites for hydroxylation is 1. The first-order valence-corrected chi connectivity index (χ1v) is 5.34. The Kier molecular flexibility index (Phi) is 3.17. The zero-order valence-corrected chi connectivity index (χ0v) is 9.65. The fourth-order valence-corrected chi connectivity index (χ4v) is 1.51. The molecule has 1 heterocycles. The van der Waals surface area contributed by atoms with Gasteiger partial charge in [0.1, 0.15) is 5.82 Å². The summed E-state index contributed by atoms with van der Waals surface area (Å²) in [5, 5.41) is 0.695. The number of hydrogen-bond donors (Lipinski definition) is 1. The minimum atomic E-state index is -0.308. The van der Waals surface area contributed by atoms with E-state index >= 15 is 0 Å². The number of hydrogen-bond acceptors (Lipinski definition) is 3. The van der Waals surface area contributed by atoms with E-state index in [9.17, 15) is 0 Å². The van der Waals surface area contributed by atoms with E-state index in [0.29, 0.717) is 10.8 Å². The van der Waals surface area contributed by atoms with Crippen LogP contribution in [0.3, 0.4) is 0 Å². The van der Waals surface area contributed by atoms with Gasteiger partial charge >= 0.3 is 0 Å². The van der Waals surface area contributed by atoms with E-state index in [-0.39, 0.29) is 6.04 Å². The lowest BCUT2D eigenvalue weighted by Gasteiger charge is -2.10. The van der Waals surface area contributed by atoms with Crippen LogP contribution in [0.25, 0.3) is 0 Å². The molecule has 2 rings (SSSR count). The van der Waals surface area contributed by atoms with Crippen molar-refractivity contribution in [1.29, 1.82) is 0 Å². The van der Waals surface area contributed by atoms with Crippen LogP contribution in [0, 0.1) is 6.92 Å². The molecule has 1 aromatic carbocycles. The summed E-state index contributed by atoms with van der Waals surface area (Å²) in [5.74, 6) is 0.618. The molecule has 4 heteroatoms. The molecule has 1 atom stereocenters. The molecule has 2 aromatic rings. The first-order valence-electron chi connectivity index (χ1n) is 4.96. The number of aromatic nitrogens is 2. The van der Waals surface area contributed by atoms with Crippen LogP contribution in [0.4, 0.5) is 0 Å². The summed E-state index contributed by atoms with van der Waals surface area (Å²) in [6.07, 6.45) is 3.52. The Morgan fingerprint density at radius 3 is 2.25 bits per heavy atom. The van der Waals surface area contributed by atoms with E-state index in [2.05, 4.69) is 9.97 Å². The van der Waals surface area contributed by atoms with Crippen molar-refractivity contribution < 1.29 is 0 Å². The van der Waals surface area contributed by atoms with Crippen molar-refractivity contribution in [2.24, 2.45) is 5.73 Å². The van der Waals surface area contributed by atoms with Crippen LogP contribution in [0.5, 0.6) is 0 Å². The maximum absolute atomic E-state index is 6.05. The van der Waals surface area contributed by atoms with Crippen LogP contribution < -0.4 is 5.73 Å². The minimum Gasteiger partial charge on any atom is -0.318 e. The Morgan fingerprint density at radius 2 is 1.69 bits per heavy atom. The average Bonchev–Trinajstić information content (AvgIpc) is 2.30. The number of nitrogens with two attached hydrogens (primary N) is 1. The second-order valence-electron chi connectivity index (χ2n) is 3.65. The molecular weight excluding hydrogens is 222 g/mol. The molecule has 0 amide bonds. The van der Waals surface area contributed by atoms with Gasteiger partial charge in [-0.25, -0.2) is 9.97 Å². The number of rotatable bonds is 2. The Bertz CT molecular complexity index is 419. The van der Waals surface area contributed by atoms with Crippen molar-refractivity contribution in [3.05, 3.63) is 58.6 Å². The lowest BCUT2D eigenvalue weighted by atomic mass is 10.1. The first-order chi connectivity index (χ1) is 7.66. The molecule has 1 unspecified atom stereocenters. The quantitative estimate of drug-likeness (QED) is 0.867. The summed E-state index contributed by atoms with van der Waals surface area (Å²) < 4.78 is 0. The molecule has 0 aliphatic rings.